The number of aromatic hydroxyl groups is 1. The van der Waals surface area contributed by atoms with E-state index in [0.29, 0.717) is 22.1 Å². The fraction of sp³-hybridized carbons (Fsp3) is 0.0526. The number of fused-ring (bicyclic) bond motifs is 2. The second kappa shape index (κ2) is 4.95. The van der Waals surface area contributed by atoms with Gasteiger partial charge in [-0.1, -0.05) is 24.3 Å². The minimum Gasteiger partial charge on any atom is -0.508 e. The van der Waals surface area contributed by atoms with E-state index in [-0.39, 0.29) is 11.2 Å². The molecule has 4 aromatic rings. The Labute approximate surface area is 131 Å². The van der Waals surface area contributed by atoms with Crippen LogP contribution in [0.25, 0.3) is 33.0 Å². The Morgan fingerprint density at radius 3 is 2.78 bits per heavy atom. The van der Waals surface area contributed by atoms with Crippen molar-refractivity contribution in [2.24, 2.45) is 0 Å². The van der Waals surface area contributed by atoms with Crippen molar-refractivity contribution in [3.05, 3.63) is 70.7 Å². The monoisotopic (exact) mass is 303 g/mol. The molecule has 23 heavy (non-hydrogen) atoms. The van der Waals surface area contributed by atoms with Gasteiger partial charge >= 0.3 is 0 Å². The van der Waals surface area contributed by atoms with Gasteiger partial charge in [-0.05, 0) is 24.6 Å². The third-order valence-corrected chi connectivity index (χ3v) is 4.01. The molecule has 0 radical (unpaired) electrons. The van der Waals surface area contributed by atoms with E-state index in [1.165, 1.54) is 12.3 Å². The standard InChI is InChI=1S/C19H13NO3/c1-11-8-14-17(9-16(11)21)23-10-15(19(14)22)13-6-2-4-12-5-3-7-20-18(12)13/h2-10,21H,1H3. The molecule has 1 N–H and O–H groups in total. The van der Waals surface area contributed by atoms with Gasteiger partial charge in [0.15, 0.2) is 0 Å². The fourth-order valence-corrected chi connectivity index (χ4v) is 2.78. The van der Waals surface area contributed by atoms with Crippen molar-refractivity contribution in [2.45, 2.75) is 6.92 Å². The highest BCUT2D eigenvalue weighted by atomic mass is 16.3. The molecule has 2 aromatic heterocycles. The van der Waals surface area contributed by atoms with E-state index in [2.05, 4.69) is 4.98 Å². The first-order valence-corrected chi connectivity index (χ1v) is 7.24. The molecular formula is C19H13NO3. The lowest BCUT2D eigenvalue weighted by Crippen LogP contribution is -2.05. The third-order valence-electron chi connectivity index (χ3n) is 4.01. The SMILES string of the molecule is Cc1cc2c(=O)c(-c3cccc4cccnc34)coc2cc1O. The molecule has 2 aromatic carbocycles. The van der Waals surface area contributed by atoms with Gasteiger partial charge in [-0.25, -0.2) is 0 Å². The van der Waals surface area contributed by atoms with Crippen LogP contribution in [0.3, 0.4) is 0 Å². The van der Waals surface area contributed by atoms with Gasteiger partial charge in [0, 0.05) is 23.2 Å². The Kier molecular flexibility index (Phi) is 2.91. The number of phenols is 1. The zero-order valence-electron chi connectivity index (χ0n) is 12.4. The summed E-state index contributed by atoms with van der Waals surface area (Å²) in [7, 11) is 0. The first kappa shape index (κ1) is 13.5. The number of para-hydroxylation sites is 1. The number of rotatable bonds is 1. The Morgan fingerprint density at radius 1 is 1.09 bits per heavy atom. The van der Waals surface area contributed by atoms with E-state index in [0.717, 1.165) is 16.5 Å². The van der Waals surface area contributed by atoms with Crippen molar-refractivity contribution in [1.29, 1.82) is 0 Å². The number of phenolic OH excluding ortho intramolecular Hbond substituents is 1. The fourth-order valence-electron chi connectivity index (χ4n) is 2.78. The molecule has 0 amide bonds. The maximum atomic E-state index is 12.9. The van der Waals surface area contributed by atoms with E-state index in [1.54, 1.807) is 19.2 Å². The smallest absolute Gasteiger partial charge is 0.200 e. The van der Waals surface area contributed by atoms with Gasteiger partial charge in [0.2, 0.25) is 5.43 Å². The maximum absolute atomic E-state index is 12.9. The van der Waals surface area contributed by atoms with Crippen LogP contribution in [-0.4, -0.2) is 10.1 Å². The molecule has 0 bridgehead atoms. The van der Waals surface area contributed by atoms with E-state index in [9.17, 15) is 9.90 Å². The number of hydrogen-bond donors (Lipinski definition) is 1. The van der Waals surface area contributed by atoms with E-state index in [4.69, 9.17) is 4.42 Å². The zero-order valence-corrected chi connectivity index (χ0v) is 12.4. The van der Waals surface area contributed by atoms with Crippen LogP contribution >= 0.6 is 0 Å². The van der Waals surface area contributed by atoms with Gasteiger partial charge in [-0.2, -0.15) is 0 Å². The number of pyridine rings is 1. The van der Waals surface area contributed by atoms with Crippen molar-refractivity contribution in [2.75, 3.05) is 0 Å². The van der Waals surface area contributed by atoms with Crippen molar-refractivity contribution < 1.29 is 9.52 Å². The lowest BCUT2D eigenvalue weighted by molar-refractivity contribution is 0.470. The summed E-state index contributed by atoms with van der Waals surface area (Å²) >= 11 is 0. The van der Waals surface area contributed by atoms with Crippen LogP contribution in [0, 0.1) is 6.92 Å². The summed E-state index contributed by atoms with van der Waals surface area (Å²) in [6.07, 6.45) is 3.14. The molecule has 4 nitrogen and oxygen atoms in total. The molecule has 0 saturated carbocycles. The highest BCUT2D eigenvalue weighted by Gasteiger charge is 2.13. The molecular weight excluding hydrogens is 290 g/mol. The Morgan fingerprint density at radius 2 is 1.91 bits per heavy atom. The molecule has 112 valence electrons. The zero-order chi connectivity index (χ0) is 16.0. The number of nitrogens with zero attached hydrogens (tertiary/aromatic N) is 1. The second-order valence-electron chi connectivity index (χ2n) is 5.49. The van der Waals surface area contributed by atoms with Crippen molar-refractivity contribution in [3.8, 4) is 16.9 Å². The van der Waals surface area contributed by atoms with Gasteiger partial charge in [-0.15, -0.1) is 0 Å². The van der Waals surface area contributed by atoms with Gasteiger partial charge in [0.1, 0.15) is 17.6 Å². The number of hydrogen-bond acceptors (Lipinski definition) is 4. The van der Waals surface area contributed by atoms with Crippen LogP contribution in [0.15, 0.2) is 64.1 Å². The summed E-state index contributed by atoms with van der Waals surface area (Å²) in [4.78, 5) is 17.3. The summed E-state index contributed by atoms with van der Waals surface area (Å²) in [5.74, 6) is 0.111. The molecule has 0 aliphatic carbocycles. The minimum atomic E-state index is -0.132. The average Bonchev–Trinajstić information content (AvgIpc) is 2.57. The molecule has 0 aliphatic rings. The van der Waals surface area contributed by atoms with Gasteiger partial charge in [-0.3, -0.25) is 9.78 Å². The first-order chi connectivity index (χ1) is 11.1. The van der Waals surface area contributed by atoms with Crippen molar-refractivity contribution >= 4 is 21.9 Å². The third kappa shape index (κ3) is 2.07. The van der Waals surface area contributed by atoms with Crippen LogP contribution < -0.4 is 5.43 Å². The van der Waals surface area contributed by atoms with Crippen molar-refractivity contribution in [3.63, 3.8) is 0 Å². The summed E-state index contributed by atoms with van der Waals surface area (Å²) < 4.78 is 5.57. The highest BCUT2D eigenvalue weighted by molar-refractivity contribution is 5.95. The van der Waals surface area contributed by atoms with E-state index in [1.807, 2.05) is 30.3 Å². The van der Waals surface area contributed by atoms with E-state index >= 15 is 0 Å². The molecule has 0 fully saturated rings. The lowest BCUT2D eigenvalue weighted by atomic mass is 10.0. The topological polar surface area (TPSA) is 63.3 Å². The van der Waals surface area contributed by atoms with Crippen LogP contribution in [0.5, 0.6) is 5.75 Å². The average molecular weight is 303 g/mol. The molecule has 0 saturated heterocycles. The number of aryl methyl sites for hydroxylation is 1. The van der Waals surface area contributed by atoms with Gasteiger partial charge in [0.05, 0.1) is 16.5 Å². The molecule has 0 aliphatic heterocycles. The molecule has 0 spiro atoms. The largest absolute Gasteiger partial charge is 0.508 e. The molecule has 4 rings (SSSR count). The van der Waals surface area contributed by atoms with Crippen LogP contribution in [0.1, 0.15) is 5.56 Å². The predicted molar refractivity (Wildman–Crippen MR) is 89.6 cm³/mol. The molecule has 2 heterocycles. The quantitative estimate of drug-likeness (QED) is 0.577. The maximum Gasteiger partial charge on any atom is 0.200 e. The Balaban J connectivity index is 2.08. The van der Waals surface area contributed by atoms with Crippen LogP contribution in [0.4, 0.5) is 0 Å². The Bertz CT molecular complexity index is 1110. The van der Waals surface area contributed by atoms with Crippen LogP contribution in [-0.2, 0) is 0 Å². The predicted octanol–water partition coefficient (Wildman–Crippen LogP) is 4.02. The van der Waals surface area contributed by atoms with Gasteiger partial charge < -0.3 is 9.52 Å². The molecule has 0 unspecified atom stereocenters. The number of aromatic nitrogens is 1. The summed E-state index contributed by atoms with van der Waals surface area (Å²) in [6.45, 7) is 1.75. The lowest BCUT2D eigenvalue weighted by Gasteiger charge is -2.07. The van der Waals surface area contributed by atoms with E-state index < -0.39 is 0 Å². The summed E-state index contributed by atoms with van der Waals surface area (Å²) in [6, 6.07) is 12.6. The summed E-state index contributed by atoms with van der Waals surface area (Å²) in [5, 5.41) is 11.2. The first-order valence-electron chi connectivity index (χ1n) is 7.24. The van der Waals surface area contributed by atoms with Gasteiger partial charge in [0.25, 0.3) is 0 Å². The molecule has 4 heteroatoms. The second-order valence-corrected chi connectivity index (χ2v) is 5.49. The summed E-state index contributed by atoms with van der Waals surface area (Å²) in [5.41, 5.74) is 2.84. The van der Waals surface area contributed by atoms with Crippen LogP contribution in [0.2, 0.25) is 0 Å². The molecule has 0 atom stereocenters. The van der Waals surface area contributed by atoms with Crippen molar-refractivity contribution in [1.82, 2.24) is 4.98 Å². The minimum absolute atomic E-state index is 0.111. The highest BCUT2D eigenvalue weighted by Crippen LogP contribution is 2.28. The normalized spacial score (nSPS) is 11.2. The Hall–Kier alpha value is -3.14. The number of benzene rings is 2.